The Labute approximate surface area is 183 Å². The first-order chi connectivity index (χ1) is 14.3. The van der Waals surface area contributed by atoms with Crippen LogP contribution in [0.15, 0.2) is 51.4 Å². The van der Waals surface area contributed by atoms with E-state index in [1.807, 2.05) is 0 Å². The summed E-state index contributed by atoms with van der Waals surface area (Å²) in [5, 5.41) is 0.701. The van der Waals surface area contributed by atoms with Gasteiger partial charge in [-0.3, -0.25) is 0 Å². The van der Waals surface area contributed by atoms with Gasteiger partial charge < -0.3 is 9.30 Å². The molecule has 1 unspecified atom stereocenters. The molecule has 4 aromatic rings. The number of benzene rings is 3. The molecule has 0 spiro atoms. The maximum atomic E-state index is 14.7. The zero-order chi connectivity index (χ0) is 21.3. The summed E-state index contributed by atoms with van der Waals surface area (Å²) in [7, 11) is 0. The average Bonchev–Trinajstić information content (AvgIpc) is 3.09. The molecule has 0 amide bonds. The topological polar surface area (TPSA) is 14.2 Å². The predicted molar refractivity (Wildman–Crippen MR) is 108 cm³/mol. The molecule has 3 aromatic carbocycles. The minimum atomic E-state index is -2.21. The minimum absolute atomic E-state index is 0.243. The van der Waals surface area contributed by atoms with Gasteiger partial charge in [-0.25, -0.2) is 22.0 Å². The van der Waals surface area contributed by atoms with Gasteiger partial charge in [-0.05, 0) is 42.5 Å². The van der Waals surface area contributed by atoms with Crippen molar-refractivity contribution in [2.75, 3.05) is 0 Å². The molecule has 2 heterocycles. The van der Waals surface area contributed by atoms with Gasteiger partial charge in [-0.2, -0.15) is 0 Å². The first-order valence-corrected chi connectivity index (χ1v) is 10.1. The summed E-state index contributed by atoms with van der Waals surface area (Å²) in [4.78, 5) is 0. The Morgan fingerprint density at radius 2 is 1.33 bits per heavy atom. The van der Waals surface area contributed by atoms with E-state index >= 15 is 0 Å². The molecular formula is C21H8Br2F5NO. The van der Waals surface area contributed by atoms with Crippen LogP contribution >= 0.6 is 31.9 Å². The number of nitrogens with zero attached hydrogens (tertiary/aromatic N) is 1. The fourth-order valence-electron chi connectivity index (χ4n) is 3.67. The van der Waals surface area contributed by atoms with Crippen LogP contribution in [-0.4, -0.2) is 4.57 Å². The number of hydrogen-bond acceptors (Lipinski definition) is 1. The molecule has 0 aliphatic carbocycles. The van der Waals surface area contributed by atoms with E-state index in [0.29, 0.717) is 26.6 Å². The molecule has 0 bridgehead atoms. The fraction of sp³-hybridized carbons (Fsp3) is 0.0476. The SMILES string of the molecule is Fc1c(F)c(F)c(C2Oc3cc(Br)ccc3-c3cc4cc(Br)ccc4n32)c(F)c1F. The maximum Gasteiger partial charge on any atom is 0.209 e. The second-order valence-corrected chi connectivity index (χ2v) is 8.53. The van der Waals surface area contributed by atoms with E-state index < -0.39 is 40.9 Å². The third-order valence-electron chi connectivity index (χ3n) is 4.98. The molecule has 5 rings (SSSR count). The summed E-state index contributed by atoms with van der Waals surface area (Å²) in [6.07, 6.45) is -1.61. The van der Waals surface area contributed by atoms with Crippen LogP contribution in [0, 0.1) is 29.1 Å². The van der Waals surface area contributed by atoms with Crippen LogP contribution in [0.3, 0.4) is 0 Å². The van der Waals surface area contributed by atoms with Gasteiger partial charge in [0.2, 0.25) is 12.0 Å². The molecule has 0 fully saturated rings. The van der Waals surface area contributed by atoms with E-state index in [2.05, 4.69) is 31.9 Å². The second kappa shape index (κ2) is 6.81. The Morgan fingerprint density at radius 3 is 2.03 bits per heavy atom. The lowest BCUT2D eigenvalue weighted by Gasteiger charge is -2.31. The summed E-state index contributed by atoms with van der Waals surface area (Å²) in [6, 6.07) is 12.0. The molecule has 9 heteroatoms. The van der Waals surface area contributed by atoms with Crippen molar-refractivity contribution in [2.24, 2.45) is 0 Å². The van der Waals surface area contributed by atoms with Gasteiger partial charge in [-0.15, -0.1) is 0 Å². The number of halogens is 7. The van der Waals surface area contributed by atoms with E-state index in [0.717, 1.165) is 4.47 Å². The third-order valence-corrected chi connectivity index (χ3v) is 5.97. The van der Waals surface area contributed by atoms with Gasteiger partial charge in [0.25, 0.3) is 0 Å². The highest BCUT2D eigenvalue weighted by Crippen LogP contribution is 2.46. The van der Waals surface area contributed by atoms with E-state index in [9.17, 15) is 22.0 Å². The molecule has 0 N–H and O–H groups in total. The zero-order valence-electron chi connectivity index (χ0n) is 14.6. The van der Waals surface area contributed by atoms with Gasteiger partial charge in [0.1, 0.15) is 5.75 Å². The highest BCUT2D eigenvalue weighted by atomic mass is 79.9. The van der Waals surface area contributed by atoms with E-state index in [1.54, 1.807) is 42.5 Å². The lowest BCUT2D eigenvalue weighted by Crippen LogP contribution is -2.26. The number of fused-ring (bicyclic) bond motifs is 5. The van der Waals surface area contributed by atoms with Crippen molar-refractivity contribution < 1.29 is 26.7 Å². The Kier molecular flexibility index (Phi) is 4.44. The van der Waals surface area contributed by atoms with E-state index in [1.165, 1.54) is 4.57 Å². The van der Waals surface area contributed by atoms with Gasteiger partial charge >= 0.3 is 0 Å². The van der Waals surface area contributed by atoms with Crippen molar-refractivity contribution in [1.29, 1.82) is 0 Å². The van der Waals surface area contributed by atoms with Crippen LogP contribution in [0.1, 0.15) is 11.8 Å². The summed E-state index contributed by atoms with van der Waals surface area (Å²) < 4.78 is 79.5. The third kappa shape index (κ3) is 2.71. The molecule has 1 aliphatic heterocycles. The Morgan fingerprint density at radius 1 is 0.733 bits per heavy atom. The van der Waals surface area contributed by atoms with Crippen LogP contribution in [0.4, 0.5) is 22.0 Å². The van der Waals surface area contributed by atoms with Crippen LogP contribution in [0.25, 0.3) is 22.2 Å². The Hall–Kier alpha value is -2.39. The van der Waals surface area contributed by atoms with Crippen molar-refractivity contribution >= 4 is 42.8 Å². The molecule has 152 valence electrons. The molecule has 0 saturated carbocycles. The van der Waals surface area contributed by atoms with Crippen LogP contribution in [0.2, 0.25) is 0 Å². The normalized spacial score (nSPS) is 15.1. The molecule has 1 atom stereocenters. The van der Waals surface area contributed by atoms with Crippen molar-refractivity contribution in [3.8, 4) is 17.0 Å². The molecule has 1 aromatic heterocycles. The average molecular weight is 545 g/mol. The standard InChI is InChI=1S/C21H8Br2F5NO/c22-9-2-4-12-8(5-9)6-13-11-3-1-10(23)7-14(11)30-21(29(12)13)15-16(24)18(26)20(28)19(27)17(15)25/h1-7,21H. The zero-order valence-corrected chi connectivity index (χ0v) is 17.8. The van der Waals surface area contributed by atoms with Crippen molar-refractivity contribution in [2.45, 2.75) is 6.23 Å². The largest absolute Gasteiger partial charge is 0.465 e. The number of aromatic nitrogens is 1. The summed E-state index contributed by atoms with van der Waals surface area (Å²) in [5.41, 5.74) is 0.589. The minimum Gasteiger partial charge on any atom is -0.465 e. The van der Waals surface area contributed by atoms with Crippen LogP contribution in [0.5, 0.6) is 5.75 Å². The van der Waals surface area contributed by atoms with Crippen molar-refractivity contribution in [1.82, 2.24) is 4.57 Å². The van der Waals surface area contributed by atoms with Crippen LogP contribution in [-0.2, 0) is 0 Å². The van der Waals surface area contributed by atoms with Gasteiger partial charge in [0, 0.05) is 19.9 Å². The first kappa shape index (κ1) is 19.6. The van der Waals surface area contributed by atoms with Gasteiger partial charge in [-0.1, -0.05) is 31.9 Å². The quantitative estimate of drug-likeness (QED) is 0.138. The van der Waals surface area contributed by atoms with E-state index in [4.69, 9.17) is 4.74 Å². The number of rotatable bonds is 1. The highest BCUT2D eigenvalue weighted by molar-refractivity contribution is 9.10. The highest BCUT2D eigenvalue weighted by Gasteiger charge is 2.37. The van der Waals surface area contributed by atoms with Crippen molar-refractivity contribution in [3.05, 3.63) is 86.1 Å². The number of hydrogen-bond donors (Lipinski definition) is 0. The van der Waals surface area contributed by atoms with Gasteiger partial charge in [0.05, 0.1) is 16.8 Å². The number of ether oxygens (including phenoxy) is 1. The van der Waals surface area contributed by atoms with Crippen molar-refractivity contribution in [3.63, 3.8) is 0 Å². The fourth-order valence-corrected chi connectivity index (χ4v) is 4.39. The Bertz CT molecular complexity index is 1340. The molecule has 0 radical (unpaired) electrons. The summed E-state index contributed by atoms with van der Waals surface area (Å²) in [5.74, 6) is -9.87. The lowest BCUT2D eigenvalue weighted by molar-refractivity contribution is 0.159. The molecule has 0 saturated heterocycles. The monoisotopic (exact) mass is 543 g/mol. The van der Waals surface area contributed by atoms with E-state index in [-0.39, 0.29) is 5.75 Å². The summed E-state index contributed by atoms with van der Waals surface area (Å²) >= 11 is 6.67. The maximum absolute atomic E-state index is 14.7. The molecule has 2 nitrogen and oxygen atoms in total. The Balaban J connectivity index is 1.88. The molecule has 1 aliphatic rings. The van der Waals surface area contributed by atoms with Crippen LogP contribution < -0.4 is 4.74 Å². The second-order valence-electron chi connectivity index (χ2n) is 6.70. The smallest absolute Gasteiger partial charge is 0.209 e. The summed E-state index contributed by atoms with van der Waals surface area (Å²) in [6.45, 7) is 0. The first-order valence-electron chi connectivity index (χ1n) is 8.56. The predicted octanol–water partition coefficient (Wildman–Crippen LogP) is 7.47. The molecular weight excluding hydrogens is 537 g/mol. The van der Waals surface area contributed by atoms with Gasteiger partial charge in [0.15, 0.2) is 23.3 Å². The molecule has 30 heavy (non-hydrogen) atoms. The lowest BCUT2D eigenvalue weighted by atomic mass is 10.1.